The van der Waals surface area contributed by atoms with Gasteiger partial charge < -0.3 is 10.1 Å². The van der Waals surface area contributed by atoms with Gasteiger partial charge in [0.05, 0.1) is 24.7 Å². The minimum atomic E-state index is 0.590. The van der Waals surface area contributed by atoms with Crippen LogP contribution >= 0.6 is 11.3 Å². The van der Waals surface area contributed by atoms with Crippen LogP contribution in [0.3, 0.4) is 0 Å². The standard InChI is InChI=1S/C14H17N3OS/c1-2-11(6-15-4-1)9-18-14-8-16-13(7-17-14)12-3-5-19-10-12/h3,5,7-8,10-11,15H,1-2,4,6,9H2. The quantitative estimate of drug-likeness (QED) is 0.931. The second kappa shape index (κ2) is 6.12. The Morgan fingerprint density at radius 2 is 2.37 bits per heavy atom. The Morgan fingerprint density at radius 3 is 3.05 bits per heavy atom. The lowest BCUT2D eigenvalue weighted by molar-refractivity contribution is 0.211. The summed E-state index contributed by atoms with van der Waals surface area (Å²) in [6.45, 7) is 2.89. The van der Waals surface area contributed by atoms with Crippen LogP contribution < -0.4 is 10.1 Å². The zero-order valence-electron chi connectivity index (χ0n) is 10.7. The van der Waals surface area contributed by atoms with Crippen LogP contribution in [0.4, 0.5) is 0 Å². The summed E-state index contributed by atoms with van der Waals surface area (Å²) in [4.78, 5) is 8.71. The van der Waals surface area contributed by atoms with Crippen LogP contribution in [-0.4, -0.2) is 29.7 Å². The molecule has 3 rings (SSSR count). The van der Waals surface area contributed by atoms with Crippen molar-refractivity contribution >= 4 is 11.3 Å². The van der Waals surface area contributed by atoms with Crippen LogP contribution in [0, 0.1) is 5.92 Å². The van der Waals surface area contributed by atoms with Gasteiger partial charge in [-0.2, -0.15) is 11.3 Å². The summed E-state index contributed by atoms with van der Waals surface area (Å²) in [5, 5.41) is 7.49. The normalized spacial score (nSPS) is 19.3. The maximum absolute atomic E-state index is 5.71. The van der Waals surface area contributed by atoms with E-state index in [4.69, 9.17) is 4.74 Å². The van der Waals surface area contributed by atoms with Gasteiger partial charge in [-0.15, -0.1) is 0 Å². The maximum Gasteiger partial charge on any atom is 0.232 e. The van der Waals surface area contributed by atoms with Gasteiger partial charge >= 0.3 is 0 Å². The maximum atomic E-state index is 5.71. The van der Waals surface area contributed by atoms with E-state index < -0.39 is 0 Å². The van der Waals surface area contributed by atoms with Crippen molar-refractivity contribution in [2.24, 2.45) is 5.92 Å². The predicted molar refractivity (Wildman–Crippen MR) is 76.4 cm³/mol. The van der Waals surface area contributed by atoms with Crippen molar-refractivity contribution in [1.29, 1.82) is 0 Å². The Hall–Kier alpha value is -1.46. The Bertz CT molecular complexity index is 492. The van der Waals surface area contributed by atoms with Crippen molar-refractivity contribution in [3.63, 3.8) is 0 Å². The highest BCUT2D eigenvalue weighted by atomic mass is 32.1. The number of nitrogens with one attached hydrogen (secondary N) is 1. The lowest BCUT2D eigenvalue weighted by Gasteiger charge is -2.22. The van der Waals surface area contributed by atoms with Crippen LogP contribution in [-0.2, 0) is 0 Å². The van der Waals surface area contributed by atoms with Gasteiger partial charge in [-0.25, -0.2) is 9.97 Å². The molecule has 19 heavy (non-hydrogen) atoms. The Balaban J connectivity index is 1.57. The largest absolute Gasteiger partial charge is 0.476 e. The van der Waals surface area contributed by atoms with Crippen molar-refractivity contribution in [2.45, 2.75) is 12.8 Å². The number of hydrogen-bond donors (Lipinski definition) is 1. The van der Waals surface area contributed by atoms with Crippen LogP contribution in [0.15, 0.2) is 29.2 Å². The molecule has 3 heterocycles. The molecule has 0 bridgehead atoms. The molecule has 1 atom stereocenters. The van der Waals surface area contributed by atoms with Crippen molar-refractivity contribution in [3.05, 3.63) is 29.2 Å². The highest BCUT2D eigenvalue weighted by Gasteiger charge is 2.13. The lowest BCUT2D eigenvalue weighted by Crippen LogP contribution is -2.33. The molecule has 4 nitrogen and oxygen atoms in total. The smallest absolute Gasteiger partial charge is 0.232 e. The number of nitrogens with zero attached hydrogens (tertiary/aromatic N) is 2. The van der Waals surface area contributed by atoms with Crippen LogP contribution in [0.2, 0.25) is 0 Å². The molecule has 5 heteroatoms. The third-order valence-electron chi connectivity index (χ3n) is 3.31. The fourth-order valence-corrected chi connectivity index (χ4v) is 2.87. The molecule has 0 amide bonds. The average molecular weight is 275 g/mol. The van der Waals surface area contributed by atoms with Gasteiger partial charge in [0.2, 0.25) is 5.88 Å². The van der Waals surface area contributed by atoms with Crippen LogP contribution in [0.5, 0.6) is 5.88 Å². The molecule has 2 aromatic rings. The Morgan fingerprint density at radius 1 is 1.37 bits per heavy atom. The van der Waals surface area contributed by atoms with Crippen molar-refractivity contribution in [3.8, 4) is 17.1 Å². The molecule has 1 fully saturated rings. The first kappa shape index (κ1) is 12.6. The molecule has 100 valence electrons. The summed E-state index contributed by atoms with van der Waals surface area (Å²) in [6, 6.07) is 2.04. The second-order valence-electron chi connectivity index (χ2n) is 4.78. The molecular formula is C14H17N3OS. The number of thiophene rings is 1. The number of ether oxygens (including phenoxy) is 1. The molecule has 0 spiro atoms. The summed E-state index contributed by atoms with van der Waals surface area (Å²) in [7, 11) is 0. The molecule has 1 N–H and O–H groups in total. The SMILES string of the molecule is c1cc(-c2cnc(OCC3CCCNC3)cn2)cs1. The van der Waals surface area contributed by atoms with Crippen LogP contribution in [0.1, 0.15) is 12.8 Å². The zero-order valence-corrected chi connectivity index (χ0v) is 11.5. The molecular weight excluding hydrogens is 258 g/mol. The Kier molecular flexibility index (Phi) is 4.05. The van der Waals surface area contributed by atoms with Gasteiger partial charge in [0, 0.05) is 23.4 Å². The van der Waals surface area contributed by atoms with Crippen molar-refractivity contribution in [2.75, 3.05) is 19.7 Å². The molecule has 0 saturated carbocycles. The van der Waals surface area contributed by atoms with Gasteiger partial charge in [0.25, 0.3) is 0 Å². The molecule has 0 aromatic carbocycles. The number of rotatable bonds is 4. The van der Waals surface area contributed by atoms with Gasteiger partial charge in [0.1, 0.15) is 0 Å². The summed E-state index contributed by atoms with van der Waals surface area (Å²) in [5.74, 6) is 1.21. The topological polar surface area (TPSA) is 47.0 Å². The van der Waals surface area contributed by atoms with Crippen molar-refractivity contribution < 1.29 is 4.74 Å². The minimum absolute atomic E-state index is 0.590. The monoisotopic (exact) mass is 275 g/mol. The minimum Gasteiger partial charge on any atom is -0.476 e. The van der Waals surface area contributed by atoms with E-state index in [2.05, 4.69) is 20.7 Å². The molecule has 1 unspecified atom stereocenters. The van der Waals surface area contributed by atoms with Gasteiger partial charge in [-0.3, -0.25) is 0 Å². The predicted octanol–water partition coefficient (Wildman–Crippen LogP) is 2.58. The molecule has 0 aliphatic carbocycles. The zero-order chi connectivity index (χ0) is 12.9. The molecule has 1 saturated heterocycles. The first-order chi connectivity index (χ1) is 9.42. The second-order valence-corrected chi connectivity index (χ2v) is 5.56. The van der Waals surface area contributed by atoms with E-state index in [0.717, 1.165) is 31.0 Å². The fraction of sp³-hybridized carbons (Fsp3) is 0.429. The average Bonchev–Trinajstić information content (AvgIpc) is 3.01. The number of aromatic nitrogens is 2. The fourth-order valence-electron chi connectivity index (χ4n) is 2.22. The van der Waals surface area contributed by atoms with Gasteiger partial charge in [-0.05, 0) is 30.8 Å². The highest BCUT2D eigenvalue weighted by Crippen LogP contribution is 2.20. The number of hydrogen-bond acceptors (Lipinski definition) is 5. The molecule has 1 aliphatic heterocycles. The highest BCUT2D eigenvalue weighted by molar-refractivity contribution is 7.08. The van der Waals surface area contributed by atoms with Crippen molar-refractivity contribution in [1.82, 2.24) is 15.3 Å². The summed E-state index contributed by atoms with van der Waals surface area (Å²) >= 11 is 1.66. The van der Waals surface area contributed by atoms with Gasteiger partial charge in [-0.1, -0.05) is 0 Å². The molecule has 2 aromatic heterocycles. The van der Waals surface area contributed by atoms with E-state index >= 15 is 0 Å². The lowest BCUT2D eigenvalue weighted by atomic mass is 10.0. The third-order valence-corrected chi connectivity index (χ3v) is 3.99. The van der Waals surface area contributed by atoms with E-state index in [0.29, 0.717) is 11.8 Å². The molecule has 0 radical (unpaired) electrons. The van der Waals surface area contributed by atoms with Gasteiger partial charge in [0.15, 0.2) is 0 Å². The van der Waals surface area contributed by atoms with E-state index in [1.165, 1.54) is 12.8 Å². The summed E-state index contributed by atoms with van der Waals surface area (Å²) in [6.07, 6.45) is 5.95. The first-order valence-electron chi connectivity index (χ1n) is 6.60. The van der Waals surface area contributed by atoms with E-state index in [1.807, 2.05) is 11.4 Å². The van der Waals surface area contributed by atoms with E-state index in [-0.39, 0.29) is 0 Å². The van der Waals surface area contributed by atoms with Crippen LogP contribution in [0.25, 0.3) is 11.3 Å². The summed E-state index contributed by atoms with van der Waals surface area (Å²) in [5.41, 5.74) is 2.01. The third kappa shape index (κ3) is 3.30. The summed E-state index contributed by atoms with van der Waals surface area (Å²) < 4.78 is 5.71. The van der Waals surface area contributed by atoms with E-state index in [9.17, 15) is 0 Å². The first-order valence-corrected chi connectivity index (χ1v) is 7.54. The number of piperidine rings is 1. The Labute approximate surface area is 116 Å². The van der Waals surface area contributed by atoms with E-state index in [1.54, 1.807) is 23.7 Å². The molecule has 1 aliphatic rings.